The number of aromatic nitrogens is 1. The Bertz CT molecular complexity index is 384. The van der Waals surface area contributed by atoms with Crippen molar-refractivity contribution in [2.45, 2.75) is 0 Å². The Hall–Kier alpha value is -1.57. The van der Waals surface area contributed by atoms with Crippen LogP contribution in [0.15, 0.2) is 30.5 Å². The largest absolute Gasteiger partial charge is 0.618 e. The Morgan fingerprint density at radius 3 is 3.09 bits per heavy atom. The lowest BCUT2D eigenvalue weighted by atomic mass is 10.2. The first-order valence-corrected chi connectivity index (χ1v) is 3.28. The molecule has 52 valence electrons. The minimum absolute atomic E-state index is 0.663. The number of nitrogens with zero attached hydrogens (tertiary/aromatic N) is 1. The van der Waals surface area contributed by atoms with Crippen LogP contribution in [0, 0.1) is 17.5 Å². The molecule has 1 aromatic carbocycles. The van der Waals surface area contributed by atoms with Crippen molar-refractivity contribution in [2.24, 2.45) is 0 Å². The molecule has 2 rings (SSSR count). The summed E-state index contributed by atoms with van der Waals surface area (Å²) >= 11 is 0. The van der Waals surface area contributed by atoms with Gasteiger partial charge < -0.3 is 5.21 Å². The van der Waals surface area contributed by atoms with Crippen LogP contribution in [0.2, 0.25) is 0 Å². The predicted molar refractivity (Wildman–Crippen MR) is 40.6 cm³/mol. The number of rotatable bonds is 0. The van der Waals surface area contributed by atoms with Crippen LogP contribution in [-0.2, 0) is 0 Å². The SMILES string of the molecule is [O-][n+]1[c]c2ccc[c]c2cc1. The van der Waals surface area contributed by atoms with Crippen LogP contribution >= 0.6 is 0 Å². The van der Waals surface area contributed by atoms with E-state index in [1.54, 1.807) is 6.07 Å². The van der Waals surface area contributed by atoms with Crippen LogP contribution in [0.5, 0.6) is 0 Å². The van der Waals surface area contributed by atoms with E-state index in [-0.39, 0.29) is 0 Å². The molecule has 0 saturated heterocycles. The van der Waals surface area contributed by atoms with E-state index in [1.165, 1.54) is 6.20 Å². The maximum atomic E-state index is 10.7. The summed E-state index contributed by atoms with van der Waals surface area (Å²) in [5.41, 5.74) is 0. The van der Waals surface area contributed by atoms with Crippen LogP contribution in [0.25, 0.3) is 10.8 Å². The highest BCUT2D eigenvalue weighted by Gasteiger charge is 1.96. The van der Waals surface area contributed by atoms with E-state index in [2.05, 4.69) is 12.3 Å². The fourth-order valence-electron chi connectivity index (χ4n) is 0.983. The molecular weight excluding hydrogens is 138 g/mol. The highest BCUT2D eigenvalue weighted by atomic mass is 16.5. The lowest BCUT2D eigenvalue weighted by Crippen LogP contribution is -2.24. The zero-order valence-electron chi connectivity index (χ0n) is 5.74. The van der Waals surface area contributed by atoms with Crippen molar-refractivity contribution in [3.63, 3.8) is 0 Å². The molecule has 2 aromatic rings. The van der Waals surface area contributed by atoms with Gasteiger partial charge in [-0.25, -0.2) is 0 Å². The highest BCUT2D eigenvalue weighted by molar-refractivity contribution is 5.79. The van der Waals surface area contributed by atoms with E-state index < -0.39 is 0 Å². The van der Waals surface area contributed by atoms with Gasteiger partial charge >= 0.3 is 0 Å². The molecule has 2 heteroatoms. The molecule has 0 aliphatic rings. The van der Waals surface area contributed by atoms with Crippen LogP contribution < -0.4 is 4.73 Å². The predicted octanol–water partition coefficient (Wildman–Crippen LogP) is 1.07. The quantitative estimate of drug-likeness (QED) is 0.400. The summed E-state index contributed by atoms with van der Waals surface area (Å²) in [6.07, 6.45) is 4.04. The number of hydrogen-bond acceptors (Lipinski definition) is 1. The first-order valence-electron chi connectivity index (χ1n) is 3.28. The van der Waals surface area contributed by atoms with Gasteiger partial charge in [0.25, 0.3) is 6.20 Å². The summed E-state index contributed by atoms with van der Waals surface area (Å²) in [5, 5.41) is 12.4. The second-order valence-electron chi connectivity index (χ2n) is 2.25. The average Bonchev–Trinajstić information content (AvgIpc) is 2.04. The smallest absolute Gasteiger partial charge is 0.298 e. The molecular formula is C9H5NO. The number of fused-ring (bicyclic) bond motifs is 1. The van der Waals surface area contributed by atoms with Crippen LogP contribution in [0.4, 0.5) is 0 Å². The van der Waals surface area contributed by atoms with Gasteiger partial charge in [-0.2, -0.15) is 4.73 Å². The molecule has 2 radical (unpaired) electrons. The van der Waals surface area contributed by atoms with Gasteiger partial charge in [0, 0.05) is 11.5 Å². The van der Waals surface area contributed by atoms with E-state index in [1.807, 2.05) is 18.2 Å². The third-order valence-electron chi connectivity index (χ3n) is 1.50. The fraction of sp³-hybridized carbons (Fsp3) is 0. The Balaban J connectivity index is 2.83. The van der Waals surface area contributed by atoms with Crippen molar-refractivity contribution >= 4 is 10.8 Å². The van der Waals surface area contributed by atoms with E-state index in [9.17, 15) is 5.21 Å². The second-order valence-corrected chi connectivity index (χ2v) is 2.25. The first kappa shape index (κ1) is 6.16. The molecule has 0 saturated carbocycles. The van der Waals surface area contributed by atoms with Gasteiger partial charge in [-0.15, -0.1) is 0 Å². The highest BCUT2D eigenvalue weighted by Crippen LogP contribution is 2.07. The molecule has 0 aliphatic carbocycles. The molecule has 11 heavy (non-hydrogen) atoms. The molecule has 0 atom stereocenters. The van der Waals surface area contributed by atoms with Crippen molar-refractivity contribution < 1.29 is 4.73 Å². The zero-order chi connectivity index (χ0) is 7.68. The van der Waals surface area contributed by atoms with Crippen LogP contribution in [0.1, 0.15) is 0 Å². The number of pyridine rings is 1. The molecule has 0 unspecified atom stereocenters. The molecule has 0 aliphatic heterocycles. The van der Waals surface area contributed by atoms with Crippen molar-refractivity contribution in [2.75, 3.05) is 0 Å². The minimum Gasteiger partial charge on any atom is -0.618 e. The first-order chi connectivity index (χ1) is 5.36. The topological polar surface area (TPSA) is 26.9 Å². The van der Waals surface area contributed by atoms with E-state index in [4.69, 9.17) is 0 Å². The summed E-state index contributed by atoms with van der Waals surface area (Å²) in [6.45, 7) is 0. The second kappa shape index (κ2) is 2.23. The normalized spacial score (nSPS) is 10.2. The summed E-state index contributed by atoms with van der Waals surface area (Å²) in [6, 6.07) is 10.2. The van der Waals surface area contributed by atoms with Crippen molar-refractivity contribution in [3.8, 4) is 0 Å². The standard InChI is InChI=1S/C9H5NO/c11-10-6-5-8-3-1-2-4-9(8)7-10/h1-2,4-6H. The van der Waals surface area contributed by atoms with E-state index >= 15 is 0 Å². The zero-order valence-corrected chi connectivity index (χ0v) is 5.74. The van der Waals surface area contributed by atoms with Gasteiger partial charge in [0.1, 0.15) is 0 Å². The summed E-state index contributed by atoms with van der Waals surface area (Å²) in [5.74, 6) is 0. The number of benzene rings is 1. The van der Waals surface area contributed by atoms with Crippen molar-refractivity contribution in [1.82, 2.24) is 0 Å². The Morgan fingerprint density at radius 1 is 1.27 bits per heavy atom. The fourth-order valence-corrected chi connectivity index (χ4v) is 0.983. The Morgan fingerprint density at radius 2 is 2.18 bits per heavy atom. The molecule has 1 aromatic heterocycles. The van der Waals surface area contributed by atoms with Gasteiger partial charge in [0.15, 0.2) is 6.20 Å². The third kappa shape index (κ3) is 1.03. The van der Waals surface area contributed by atoms with Gasteiger partial charge in [-0.3, -0.25) is 0 Å². The Kier molecular flexibility index (Phi) is 1.25. The van der Waals surface area contributed by atoms with Gasteiger partial charge in [-0.1, -0.05) is 12.1 Å². The third-order valence-corrected chi connectivity index (χ3v) is 1.50. The molecule has 0 bridgehead atoms. The summed E-state index contributed by atoms with van der Waals surface area (Å²) in [4.78, 5) is 0. The number of hydrogen-bond donors (Lipinski definition) is 0. The van der Waals surface area contributed by atoms with Crippen LogP contribution in [-0.4, -0.2) is 0 Å². The van der Waals surface area contributed by atoms with Gasteiger partial charge in [-0.05, 0) is 12.1 Å². The maximum Gasteiger partial charge on any atom is 0.298 e. The van der Waals surface area contributed by atoms with E-state index in [0.717, 1.165) is 10.8 Å². The van der Waals surface area contributed by atoms with Gasteiger partial charge in [0.2, 0.25) is 0 Å². The molecule has 0 fully saturated rings. The van der Waals surface area contributed by atoms with Crippen molar-refractivity contribution in [3.05, 3.63) is 47.9 Å². The summed E-state index contributed by atoms with van der Waals surface area (Å²) < 4.78 is 0.663. The maximum absolute atomic E-state index is 10.7. The Labute approximate surface area is 64.3 Å². The van der Waals surface area contributed by atoms with E-state index in [0.29, 0.717) is 4.73 Å². The summed E-state index contributed by atoms with van der Waals surface area (Å²) in [7, 11) is 0. The molecule has 2 nitrogen and oxygen atoms in total. The molecule has 0 N–H and O–H groups in total. The monoisotopic (exact) mass is 143 g/mol. The lowest BCUT2D eigenvalue weighted by molar-refractivity contribution is -0.608. The van der Waals surface area contributed by atoms with Crippen molar-refractivity contribution in [1.29, 1.82) is 0 Å². The average molecular weight is 143 g/mol. The molecule has 1 heterocycles. The molecule has 0 amide bonds. The van der Waals surface area contributed by atoms with Gasteiger partial charge in [0.05, 0.1) is 5.39 Å². The van der Waals surface area contributed by atoms with Crippen LogP contribution in [0.3, 0.4) is 0 Å². The molecule has 0 spiro atoms. The lowest BCUT2D eigenvalue weighted by Gasteiger charge is -1.94. The minimum atomic E-state index is 0.663.